The number of halogens is 2. The van der Waals surface area contributed by atoms with E-state index in [1.54, 1.807) is 18.2 Å². The van der Waals surface area contributed by atoms with Gasteiger partial charge < -0.3 is 15.3 Å². The maximum absolute atomic E-state index is 12.1. The first kappa shape index (κ1) is 17.0. The fraction of sp³-hybridized carbons (Fsp3) is 0.429. The summed E-state index contributed by atoms with van der Waals surface area (Å²) >= 11 is 11.8. The number of benzene rings is 1. The van der Waals surface area contributed by atoms with Crippen LogP contribution in [-0.2, 0) is 9.59 Å². The summed E-state index contributed by atoms with van der Waals surface area (Å²) in [4.78, 5) is 27.7. The summed E-state index contributed by atoms with van der Waals surface area (Å²) in [5.41, 5.74) is 0.312. The zero-order valence-electron chi connectivity index (χ0n) is 11.9. The highest BCUT2D eigenvalue weighted by Crippen LogP contribution is 2.29. The lowest BCUT2D eigenvalue weighted by molar-refractivity contribution is -0.144. The van der Waals surface area contributed by atoms with Gasteiger partial charge in [0, 0.05) is 32.7 Å². The Bertz CT molecular complexity index is 560. The molecule has 1 aromatic rings. The lowest BCUT2D eigenvalue weighted by atomic mass is 10.3. The van der Waals surface area contributed by atoms with Gasteiger partial charge in [0.1, 0.15) is 0 Å². The van der Waals surface area contributed by atoms with Crippen molar-refractivity contribution in [3.63, 3.8) is 0 Å². The van der Waals surface area contributed by atoms with Gasteiger partial charge in [-0.2, -0.15) is 0 Å². The topological polar surface area (TPSA) is 72.9 Å². The normalized spacial score (nSPS) is 15.7. The first-order valence-electron chi connectivity index (χ1n) is 6.90. The smallest absolute Gasteiger partial charge is 0.313 e. The Labute approximate surface area is 138 Å². The van der Waals surface area contributed by atoms with Gasteiger partial charge in [-0.1, -0.05) is 29.3 Å². The Hall–Kier alpha value is -1.34. The van der Waals surface area contributed by atoms with E-state index in [9.17, 15) is 9.59 Å². The highest BCUT2D eigenvalue weighted by Gasteiger charge is 2.26. The van der Waals surface area contributed by atoms with Crippen LogP contribution in [0.1, 0.15) is 0 Å². The van der Waals surface area contributed by atoms with Crippen LogP contribution in [0.15, 0.2) is 18.2 Å². The molecule has 2 rings (SSSR count). The van der Waals surface area contributed by atoms with Crippen molar-refractivity contribution in [3.8, 4) is 0 Å². The van der Waals surface area contributed by atoms with Crippen molar-refractivity contribution < 1.29 is 14.7 Å². The van der Waals surface area contributed by atoms with Crippen LogP contribution in [0.2, 0.25) is 10.0 Å². The Morgan fingerprint density at radius 2 is 1.86 bits per heavy atom. The quantitative estimate of drug-likeness (QED) is 0.803. The number of anilines is 1. The number of carbonyl (C=O) groups excluding carboxylic acids is 2. The molecule has 1 aromatic carbocycles. The fourth-order valence-corrected chi connectivity index (χ4v) is 2.58. The van der Waals surface area contributed by atoms with Crippen LogP contribution in [0.4, 0.5) is 5.69 Å². The first-order chi connectivity index (χ1) is 10.5. The van der Waals surface area contributed by atoms with E-state index in [0.29, 0.717) is 43.4 Å². The molecule has 1 heterocycles. The van der Waals surface area contributed by atoms with E-state index in [1.165, 1.54) is 4.90 Å². The predicted octanol–water partition coefficient (Wildman–Crippen LogP) is 1.07. The number of hydrogen-bond donors (Lipinski definition) is 2. The highest BCUT2D eigenvalue weighted by atomic mass is 35.5. The van der Waals surface area contributed by atoms with E-state index in [-0.39, 0.29) is 11.6 Å². The van der Waals surface area contributed by atoms with Gasteiger partial charge in [-0.05, 0) is 12.1 Å². The van der Waals surface area contributed by atoms with E-state index in [0.717, 1.165) is 0 Å². The SMILES string of the molecule is O=C(Nc1cccc(Cl)c1Cl)C(=O)N1CCN(CCO)CC1. The molecule has 6 nitrogen and oxygen atoms in total. The summed E-state index contributed by atoms with van der Waals surface area (Å²) in [6, 6.07) is 4.82. The summed E-state index contributed by atoms with van der Waals surface area (Å²) in [6.45, 7) is 2.84. The van der Waals surface area contributed by atoms with Gasteiger partial charge in [0.25, 0.3) is 0 Å². The van der Waals surface area contributed by atoms with Crippen molar-refractivity contribution in [1.82, 2.24) is 9.80 Å². The van der Waals surface area contributed by atoms with Crippen molar-refractivity contribution in [3.05, 3.63) is 28.2 Å². The minimum absolute atomic E-state index is 0.0850. The molecule has 0 aromatic heterocycles. The molecule has 8 heteroatoms. The maximum atomic E-state index is 12.1. The molecule has 1 saturated heterocycles. The van der Waals surface area contributed by atoms with Gasteiger partial charge in [0.15, 0.2) is 0 Å². The van der Waals surface area contributed by atoms with Crippen molar-refractivity contribution in [2.45, 2.75) is 0 Å². The standard InChI is InChI=1S/C14H17Cl2N3O3/c15-10-2-1-3-11(12(10)16)17-13(21)14(22)19-6-4-18(5-7-19)8-9-20/h1-3,20H,4-9H2,(H,17,21). The summed E-state index contributed by atoms with van der Waals surface area (Å²) in [5.74, 6) is -1.33. The summed E-state index contributed by atoms with van der Waals surface area (Å²) < 4.78 is 0. The second-order valence-corrected chi connectivity index (χ2v) is 5.70. The zero-order chi connectivity index (χ0) is 16.1. The van der Waals surface area contributed by atoms with Crippen LogP contribution >= 0.6 is 23.2 Å². The average Bonchev–Trinajstić information content (AvgIpc) is 2.52. The van der Waals surface area contributed by atoms with Crippen LogP contribution < -0.4 is 5.32 Å². The Balaban J connectivity index is 1.93. The summed E-state index contributed by atoms with van der Waals surface area (Å²) in [5, 5.41) is 11.9. The molecule has 0 bridgehead atoms. The molecule has 1 aliphatic heterocycles. The molecule has 0 atom stereocenters. The van der Waals surface area contributed by atoms with E-state index in [4.69, 9.17) is 28.3 Å². The van der Waals surface area contributed by atoms with Crippen LogP contribution in [0.25, 0.3) is 0 Å². The number of nitrogens with one attached hydrogen (secondary N) is 1. The molecule has 2 amide bonds. The van der Waals surface area contributed by atoms with Crippen molar-refractivity contribution in [1.29, 1.82) is 0 Å². The van der Waals surface area contributed by atoms with E-state index in [2.05, 4.69) is 5.32 Å². The number of hydrogen-bond acceptors (Lipinski definition) is 4. The summed E-state index contributed by atoms with van der Waals surface area (Å²) in [7, 11) is 0. The van der Waals surface area contributed by atoms with Crippen LogP contribution in [0.3, 0.4) is 0 Å². The molecule has 1 aliphatic rings. The molecule has 2 N–H and O–H groups in total. The van der Waals surface area contributed by atoms with Crippen molar-refractivity contribution in [2.75, 3.05) is 44.6 Å². The molecule has 0 aliphatic carbocycles. The molecule has 1 fully saturated rings. The van der Waals surface area contributed by atoms with Crippen LogP contribution in [0, 0.1) is 0 Å². The molecule has 0 radical (unpaired) electrons. The van der Waals surface area contributed by atoms with Crippen molar-refractivity contribution >= 4 is 40.7 Å². The zero-order valence-corrected chi connectivity index (χ0v) is 13.4. The van der Waals surface area contributed by atoms with Gasteiger partial charge in [0.2, 0.25) is 0 Å². The average molecular weight is 346 g/mol. The maximum Gasteiger partial charge on any atom is 0.313 e. The molecule has 0 spiro atoms. The number of rotatable bonds is 3. The third-order valence-corrected chi connectivity index (χ3v) is 4.29. The fourth-order valence-electron chi connectivity index (χ4n) is 2.24. The second-order valence-electron chi connectivity index (χ2n) is 4.91. The van der Waals surface area contributed by atoms with Gasteiger partial charge in [-0.15, -0.1) is 0 Å². The lowest BCUT2D eigenvalue weighted by Gasteiger charge is -2.33. The number of β-amino-alcohol motifs (C(OH)–C–C–N with tert-alkyl or cyclic N) is 1. The molecular formula is C14H17Cl2N3O3. The van der Waals surface area contributed by atoms with E-state index >= 15 is 0 Å². The van der Waals surface area contributed by atoms with Crippen molar-refractivity contribution in [2.24, 2.45) is 0 Å². The van der Waals surface area contributed by atoms with E-state index < -0.39 is 11.8 Å². The molecule has 22 heavy (non-hydrogen) atoms. The number of aliphatic hydroxyl groups excluding tert-OH is 1. The predicted molar refractivity (Wildman–Crippen MR) is 85.2 cm³/mol. The number of amides is 2. The first-order valence-corrected chi connectivity index (χ1v) is 7.66. The number of carbonyl (C=O) groups is 2. The minimum Gasteiger partial charge on any atom is -0.395 e. The Morgan fingerprint density at radius 1 is 1.18 bits per heavy atom. The van der Waals surface area contributed by atoms with Gasteiger partial charge in [0.05, 0.1) is 22.3 Å². The van der Waals surface area contributed by atoms with Gasteiger partial charge >= 0.3 is 11.8 Å². The largest absolute Gasteiger partial charge is 0.395 e. The third kappa shape index (κ3) is 4.10. The lowest BCUT2D eigenvalue weighted by Crippen LogP contribution is -2.52. The Kier molecular flexibility index (Phi) is 6.02. The van der Waals surface area contributed by atoms with Gasteiger partial charge in [-0.3, -0.25) is 14.5 Å². The molecule has 0 unspecified atom stereocenters. The molecule has 120 valence electrons. The minimum atomic E-state index is -0.736. The summed E-state index contributed by atoms with van der Waals surface area (Å²) in [6.07, 6.45) is 0. The monoisotopic (exact) mass is 345 g/mol. The van der Waals surface area contributed by atoms with Crippen LogP contribution in [-0.4, -0.2) is 66.1 Å². The third-order valence-electron chi connectivity index (χ3n) is 3.47. The second kappa shape index (κ2) is 7.78. The number of aliphatic hydroxyl groups is 1. The Morgan fingerprint density at radius 3 is 2.50 bits per heavy atom. The molecule has 0 saturated carbocycles. The highest BCUT2D eigenvalue weighted by molar-refractivity contribution is 6.45. The van der Waals surface area contributed by atoms with Gasteiger partial charge in [-0.25, -0.2) is 0 Å². The molecular weight excluding hydrogens is 329 g/mol. The number of nitrogens with zero attached hydrogens (tertiary/aromatic N) is 2. The van der Waals surface area contributed by atoms with Crippen LogP contribution in [0.5, 0.6) is 0 Å². The number of piperazine rings is 1. The van der Waals surface area contributed by atoms with E-state index in [1.807, 2.05) is 4.90 Å².